The fraction of sp³-hybridized carbons (Fsp3) is 0.400. The first-order chi connectivity index (χ1) is 10.3. The molecule has 0 aliphatic carbocycles. The van der Waals surface area contributed by atoms with Crippen LogP contribution in [0, 0.1) is 0 Å². The SMILES string of the molecule is O=C(Cc1nnc(-c2ccccc2)o1)NCC1CCCO1. The van der Waals surface area contributed by atoms with Crippen molar-refractivity contribution in [3.63, 3.8) is 0 Å². The second-order valence-corrected chi connectivity index (χ2v) is 4.98. The van der Waals surface area contributed by atoms with Gasteiger partial charge in [-0.3, -0.25) is 4.79 Å². The molecule has 1 aliphatic heterocycles. The molecule has 1 N–H and O–H groups in total. The molecule has 0 spiro atoms. The number of aromatic nitrogens is 2. The van der Waals surface area contributed by atoms with Crippen molar-refractivity contribution >= 4 is 5.91 Å². The molecule has 2 aromatic rings. The minimum Gasteiger partial charge on any atom is -0.420 e. The average Bonchev–Trinajstić information content (AvgIpc) is 3.17. The van der Waals surface area contributed by atoms with E-state index in [1.165, 1.54) is 0 Å². The maximum Gasteiger partial charge on any atom is 0.247 e. The summed E-state index contributed by atoms with van der Waals surface area (Å²) in [6, 6.07) is 9.48. The Kier molecular flexibility index (Phi) is 4.25. The molecule has 6 heteroatoms. The number of nitrogens with zero attached hydrogens (tertiary/aromatic N) is 2. The van der Waals surface area contributed by atoms with Gasteiger partial charge in [0.2, 0.25) is 17.7 Å². The van der Waals surface area contributed by atoms with E-state index < -0.39 is 0 Å². The highest BCUT2D eigenvalue weighted by atomic mass is 16.5. The lowest BCUT2D eigenvalue weighted by Gasteiger charge is -2.09. The Balaban J connectivity index is 1.53. The highest BCUT2D eigenvalue weighted by Crippen LogP contribution is 2.17. The van der Waals surface area contributed by atoms with Crippen LogP contribution in [0.5, 0.6) is 0 Å². The lowest BCUT2D eigenvalue weighted by atomic mass is 10.2. The maximum absolute atomic E-state index is 11.8. The second kappa shape index (κ2) is 6.49. The van der Waals surface area contributed by atoms with Gasteiger partial charge in [0.25, 0.3) is 0 Å². The van der Waals surface area contributed by atoms with Crippen molar-refractivity contribution in [3.8, 4) is 11.5 Å². The van der Waals surface area contributed by atoms with E-state index in [-0.39, 0.29) is 18.4 Å². The fourth-order valence-corrected chi connectivity index (χ4v) is 2.26. The maximum atomic E-state index is 11.8. The van der Waals surface area contributed by atoms with Crippen molar-refractivity contribution in [1.82, 2.24) is 15.5 Å². The van der Waals surface area contributed by atoms with Crippen LogP contribution in [0.3, 0.4) is 0 Å². The minimum absolute atomic E-state index is 0.0898. The quantitative estimate of drug-likeness (QED) is 0.903. The van der Waals surface area contributed by atoms with Crippen molar-refractivity contribution in [2.45, 2.75) is 25.4 Å². The van der Waals surface area contributed by atoms with Gasteiger partial charge >= 0.3 is 0 Å². The minimum atomic E-state index is -0.131. The van der Waals surface area contributed by atoms with Crippen LogP contribution < -0.4 is 5.32 Å². The second-order valence-electron chi connectivity index (χ2n) is 4.98. The lowest BCUT2D eigenvalue weighted by Crippen LogP contribution is -2.32. The molecule has 1 amide bonds. The predicted octanol–water partition coefficient (Wildman–Crippen LogP) is 1.57. The van der Waals surface area contributed by atoms with Gasteiger partial charge in [-0.2, -0.15) is 0 Å². The molecule has 1 saturated heterocycles. The number of hydrogen-bond donors (Lipinski definition) is 1. The Morgan fingerprint density at radius 3 is 2.90 bits per heavy atom. The van der Waals surface area contributed by atoms with Crippen molar-refractivity contribution in [2.75, 3.05) is 13.2 Å². The van der Waals surface area contributed by atoms with Gasteiger partial charge in [0.1, 0.15) is 6.42 Å². The summed E-state index contributed by atoms with van der Waals surface area (Å²) in [6.07, 6.45) is 2.28. The van der Waals surface area contributed by atoms with E-state index >= 15 is 0 Å². The van der Waals surface area contributed by atoms with Gasteiger partial charge in [-0.15, -0.1) is 10.2 Å². The number of ether oxygens (including phenoxy) is 1. The van der Waals surface area contributed by atoms with Gasteiger partial charge in [-0.1, -0.05) is 18.2 Å². The third kappa shape index (κ3) is 3.66. The van der Waals surface area contributed by atoms with Gasteiger partial charge < -0.3 is 14.5 Å². The molecule has 0 radical (unpaired) electrons. The largest absolute Gasteiger partial charge is 0.420 e. The molecular formula is C15H17N3O3. The van der Waals surface area contributed by atoms with E-state index in [9.17, 15) is 4.79 Å². The van der Waals surface area contributed by atoms with Crippen molar-refractivity contribution in [1.29, 1.82) is 0 Å². The molecule has 110 valence electrons. The number of hydrogen-bond acceptors (Lipinski definition) is 5. The summed E-state index contributed by atoms with van der Waals surface area (Å²) in [4.78, 5) is 11.8. The lowest BCUT2D eigenvalue weighted by molar-refractivity contribution is -0.121. The van der Waals surface area contributed by atoms with Gasteiger partial charge in [0.05, 0.1) is 6.10 Å². The number of nitrogens with one attached hydrogen (secondary N) is 1. The van der Waals surface area contributed by atoms with E-state index in [0.717, 1.165) is 25.0 Å². The normalized spacial score (nSPS) is 17.8. The van der Waals surface area contributed by atoms with Gasteiger partial charge in [0, 0.05) is 18.7 Å². The highest BCUT2D eigenvalue weighted by Gasteiger charge is 2.17. The molecular weight excluding hydrogens is 270 g/mol. The van der Waals surface area contributed by atoms with E-state index in [0.29, 0.717) is 18.3 Å². The fourth-order valence-electron chi connectivity index (χ4n) is 2.26. The van der Waals surface area contributed by atoms with Crippen LogP contribution in [-0.4, -0.2) is 35.4 Å². The molecule has 2 heterocycles. The molecule has 1 fully saturated rings. The number of carbonyl (C=O) groups is 1. The average molecular weight is 287 g/mol. The number of carbonyl (C=O) groups excluding carboxylic acids is 1. The zero-order valence-corrected chi connectivity index (χ0v) is 11.6. The summed E-state index contributed by atoms with van der Waals surface area (Å²) < 4.78 is 10.9. The van der Waals surface area contributed by atoms with Crippen molar-refractivity contribution < 1.29 is 13.9 Å². The van der Waals surface area contributed by atoms with Crippen LogP contribution in [-0.2, 0) is 16.0 Å². The Labute approximate surface area is 122 Å². The van der Waals surface area contributed by atoms with E-state index in [1.807, 2.05) is 30.3 Å². The third-order valence-corrected chi connectivity index (χ3v) is 3.35. The van der Waals surface area contributed by atoms with Crippen LogP contribution in [0.4, 0.5) is 0 Å². The first kappa shape index (κ1) is 13.8. The zero-order valence-electron chi connectivity index (χ0n) is 11.6. The topological polar surface area (TPSA) is 77.2 Å². The monoisotopic (exact) mass is 287 g/mol. The Hall–Kier alpha value is -2.21. The van der Waals surface area contributed by atoms with Crippen molar-refractivity contribution in [2.24, 2.45) is 0 Å². The van der Waals surface area contributed by atoms with Crippen LogP contribution in [0.25, 0.3) is 11.5 Å². The molecule has 1 aromatic heterocycles. The van der Waals surface area contributed by atoms with E-state index in [4.69, 9.17) is 9.15 Å². The molecule has 21 heavy (non-hydrogen) atoms. The zero-order chi connectivity index (χ0) is 14.5. The predicted molar refractivity (Wildman–Crippen MR) is 75.4 cm³/mol. The first-order valence-electron chi connectivity index (χ1n) is 7.07. The van der Waals surface area contributed by atoms with E-state index in [1.54, 1.807) is 0 Å². The number of amides is 1. The summed E-state index contributed by atoms with van der Waals surface area (Å²) >= 11 is 0. The molecule has 3 rings (SSSR count). The molecule has 1 unspecified atom stereocenters. The van der Waals surface area contributed by atoms with Crippen LogP contribution >= 0.6 is 0 Å². The summed E-state index contributed by atoms with van der Waals surface area (Å²) in [5, 5.41) is 10.7. The van der Waals surface area contributed by atoms with Gasteiger partial charge in [-0.25, -0.2) is 0 Å². The standard InChI is InChI=1S/C15H17N3O3/c19-13(16-10-12-7-4-8-20-12)9-14-17-18-15(21-14)11-5-2-1-3-6-11/h1-3,5-6,12H,4,7-10H2,(H,16,19). The molecule has 0 bridgehead atoms. The molecule has 1 atom stereocenters. The molecule has 1 aromatic carbocycles. The van der Waals surface area contributed by atoms with Crippen LogP contribution in [0.15, 0.2) is 34.7 Å². The smallest absolute Gasteiger partial charge is 0.247 e. The first-order valence-corrected chi connectivity index (χ1v) is 7.07. The van der Waals surface area contributed by atoms with Gasteiger partial charge in [0.15, 0.2) is 0 Å². The molecule has 1 aliphatic rings. The Bertz CT molecular complexity index is 591. The Morgan fingerprint density at radius 1 is 1.29 bits per heavy atom. The molecule has 6 nitrogen and oxygen atoms in total. The number of rotatable bonds is 5. The van der Waals surface area contributed by atoms with Crippen LogP contribution in [0.1, 0.15) is 18.7 Å². The highest BCUT2D eigenvalue weighted by molar-refractivity contribution is 5.77. The van der Waals surface area contributed by atoms with Gasteiger partial charge in [-0.05, 0) is 25.0 Å². The number of benzene rings is 1. The molecule has 0 saturated carbocycles. The summed E-state index contributed by atoms with van der Waals surface area (Å²) in [7, 11) is 0. The third-order valence-electron chi connectivity index (χ3n) is 3.35. The summed E-state index contributed by atoms with van der Waals surface area (Å²) in [5.74, 6) is 0.616. The summed E-state index contributed by atoms with van der Waals surface area (Å²) in [6.45, 7) is 1.32. The van der Waals surface area contributed by atoms with Crippen LogP contribution in [0.2, 0.25) is 0 Å². The van der Waals surface area contributed by atoms with Crippen molar-refractivity contribution in [3.05, 3.63) is 36.2 Å². The Morgan fingerprint density at radius 2 is 2.14 bits per heavy atom. The summed E-state index contributed by atoms with van der Waals surface area (Å²) in [5.41, 5.74) is 0.844. The van der Waals surface area contributed by atoms with E-state index in [2.05, 4.69) is 15.5 Å².